The number of methoxy groups -OCH3 is 2. The molecule has 0 saturated heterocycles. The molecule has 0 bridgehead atoms. The zero-order valence-electron chi connectivity index (χ0n) is 54.9. The highest BCUT2D eigenvalue weighted by Crippen LogP contribution is 2.34. The van der Waals surface area contributed by atoms with E-state index in [1.54, 1.807) is 84.8 Å². The minimum absolute atomic E-state index is 0.0470. The number of hydrogen-bond acceptors (Lipinski definition) is 10. The minimum atomic E-state index is -0.561. The quantitative estimate of drug-likeness (QED) is 0.0630. The molecule has 3 aromatic heterocycles. The monoisotopic (exact) mass is 1320 g/mol. The molecule has 0 radical (unpaired) electrons. The lowest BCUT2D eigenvalue weighted by Crippen LogP contribution is -2.28. The smallest absolute Gasteiger partial charge is 0.254 e. The maximum Gasteiger partial charge on any atom is 0.254 e. The lowest BCUT2D eigenvalue weighted by molar-refractivity contribution is 0.0778. The van der Waals surface area contributed by atoms with E-state index in [2.05, 4.69) is 43.5 Å². The van der Waals surface area contributed by atoms with Crippen molar-refractivity contribution in [2.45, 2.75) is 124 Å². The Labute approximate surface area is 563 Å². The third-order valence-electron chi connectivity index (χ3n) is 17.4. The number of aromatic nitrogens is 5. The predicted molar refractivity (Wildman–Crippen MR) is 368 cm³/mol. The molecule has 2 aliphatic heterocycles. The van der Waals surface area contributed by atoms with Gasteiger partial charge in [0.1, 0.15) is 28.9 Å². The molecule has 20 heteroatoms. The number of ether oxygens (including phenoxy) is 3. The van der Waals surface area contributed by atoms with Crippen molar-refractivity contribution < 1.29 is 37.4 Å². The van der Waals surface area contributed by atoms with Gasteiger partial charge in [0.2, 0.25) is 11.6 Å². The normalized spacial score (nSPS) is 13.5. The maximum absolute atomic E-state index is 14.1. The van der Waals surface area contributed by atoms with E-state index in [-0.39, 0.29) is 35.7 Å². The molecule has 1 fully saturated rings. The van der Waals surface area contributed by atoms with Gasteiger partial charge in [-0.3, -0.25) is 24.8 Å². The van der Waals surface area contributed by atoms with Gasteiger partial charge >= 0.3 is 0 Å². The van der Waals surface area contributed by atoms with Gasteiger partial charge in [0.05, 0.1) is 48.6 Å². The van der Waals surface area contributed by atoms with Crippen LogP contribution in [0, 0.1) is 37.9 Å². The molecule has 12 rings (SSSR count). The molecule has 3 N–H and O–H groups in total. The standard InChI is InChI=1S/C27H31N3O3.C26H24Cl2FN5O.C22H25FN2O2/c1-18-9-10-20(15-25(18)32-3)27(31)29(2)16-21-14-19(11-12-24(21)33-22-6-4-7-22)23-17-30-13-5-8-26(30)28-23;1-15(18-4-6-22(27)23(28)13-18)32-25(35)20-11-17(14-34-9-8-33(3)26(34)30)10-19(12-20)21-5-7-24(29)31-16(21)2;1-15-10-16(12-20(11-15)27-2)14-25-22(26)18-6-8-21(23)17(13-18)5-7-19-4-3-9-24-19/h9-12,14-15,17,22H,4-8,13,16H2,1-3H3;4-13,15,30H,14H2,1-3H3,(H,32,35);6,8,10-13H,3-5,7,9,14H2,1-2H3,(H,25,26)/t;15-;/m.0./s1. The van der Waals surface area contributed by atoms with Crippen molar-refractivity contribution in [1.82, 2.24) is 39.2 Å². The third-order valence-corrected chi connectivity index (χ3v) is 18.1. The van der Waals surface area contributed by atoms with Gasteiger partial charge in [-0.05, 0) is 221 Å². The van der Waals surface area contributed by atoms with Crippen LogP contribution in [-0.4, -0.2) is 85.9 Å². The van der Waals surface area contributed by atoms with Crippen molar-refractivity contribution in [1.29, 1.82) is 5.41 Å². The van der Waals surface area contributed by atoms with Gasteiger partial charge in [0.15, 0.2) is 0 Å². The van der Waals surface area contributed by atoms with E-state index in [1.807, 2.05) is 88.6 Å². The number of pyridine rings is 1. The topological polar surface area (TPSA) is 183 Å². The SMILES string of the molecule is COc1cc(C(=O)N(C)Cc2cc(-c3cn4c(n3)CCC4)ccc2OC2CCC2)ccc1C.COc1cc(C)cc(CNC(=O)c2ccc(F)c(CCC3=NCCC3)c2)c1.Cc1nc(F)ccc1-c1cc(Cn2ccn(C)c2=N)cc(C(=O)N[C@@H](C)c2ccc(Cl)c(Cl)c2)c1. The highest BCUT2D eigenvalue weighted by atomic mass is 35.5. The Morgan fingerprint density at radius 1 is 0.747 bits per heavy atom. The van der Waals surface area contributed by atoms with Crippen LogP contribution >= 0.6 is 23.2 Å². The number of aliphatic imine (C=N–C) groups is 1. The second-order valence-electron chi connectivity index (χ2n) is 24.5. The summed E-state index contributed by atoms with van der Waals surface area (Å²) in [5.41, 5.74) is 13.3. The number of amides is 3. The summed E-state index contributed by atoms with van der Waals surface area (Å²) in [5.74, 6) is 2.13. The summed E-state index contributed by atoms with van der Waals surface area (Å²) in [4.78, 5) is 53.9. The Kier molecular flexibility index (Phi) is 22.5. The highest BCUT2D eigenvalue weighted by molar-refractivity contribution is 6.42. The lowest BCUT2D eigenvalue weighted by atomic mass is 9.96. The first kappa shape index (κ1) is 68.5. The first-order chi connectivity index (χ1) is 45.7. The van der Waals surface area contributed by atoms with Crippen LogP contribution in [-0.2, 0) is 46.1 Å². The van der Waals surface area contributed by atoms with Crippen molar-refractivity contribution >= 4 is 46.6 Å². The molecule has 1 atom stereocenters. The molecule has 3 amide bonds. The second-order valence-corrected chi connectivity index (χ2v) is 25.3. The molecular weight excluding hydrogens is 1250 g/mol. The van der Waals surface area contributed by atoms with Crippen LogP contribution < -0.4 is 30.5 Å². The number of halogens is 4. The summed E-state index contributed by atoms with van der Waals surface area (Å²) in [5, 5.41) is 15.0. The summed E-state index contributed by atoms with van der Waals surface area (Å²) in [7, 11) is 6.88. The fourth-order valence-electron chi connectivity index (χ4n) is 11.8. The Bertz CT molecular complexity index is 4360. The summed E-state index contributed by atoms with van der Waals surface area (Å²) in [6, 6.07) is 35.6. The van der Waals surface area contributed by atoms with E-state index in [4.69, 9.17) is 47.8 Å². The first-order valence-electron chi connectivity index (χ1n) is 32.0. The van der Waals surface area contributed by atoms with Crippen molar-refractivity contribution in [3.05, 3.63) is 234 Å². The molecule has 9 aromatic rings. The number of imidazole rings is 2. The Balaban J connectivity index is 0.000000157. The highest BCUT2D eigenvalue weighted by Gasteiger charge is 2.24. The molecule has 16 nitrogen and oxygen atoms in total. The first-order valence-corrected chi connectivity index (χ1v) is 32.7. The molecule has 6 aromatic carbocycles. The van der Waals surface area contributed by atoms with E-state index >= 15 is 0 Å². The van der Waals surface area contributed by atoms with E-state index < -0.39 is 5.95 Å². The zero-order chi connectivity index (χ0) is 67.4. The summed E-state index contributed by atoms with van der Waals surface area (Å²) in [6.07, 6.45) is 15.0. The van der Waals surface area contributed by atoms with Gasteiger partial charge in [-0.25, -0.2) is 14.4 Å². The molecule has 95 heavy (non-hydrogen) atoms. The Morgan fingerprint density at radius 3 is 2.26 bits per heavy atom. The number of fused-ring (bicyclic) bond motifs is 1. The van der Waals surface area contributed by atoms with Crippen LogP contribution in [0.5, 0.6) is 17.2 Å². The fourth-order valence-corrected chi connectivity index (χ4v) is 12.1. The summed E-state index contributed by atoms with van der Waals surface area (Å²) in [6.45, 7) is 10.7. The van der Waals surface area contributed by atoms with Gasteiger partial charge < -0.3 is 43.4 Å². The molecule has 1 saturated carbocycles. The van der Waals surface area contributed by atoms with Crippen molar-refractivity contribution in [2.24, 2.45) is 12.0 Å². The van der Waals surface area contributed by atoms with Crippen LogP contribution in [0.2, 0.25) is 10.0 Å². The predicted octanol–water partition coefficient (Wildman–Crippen LogP) is 14.9. The van der Waals surface area contributed by atoms with E-state index in [9.17, 15) is 23.2 Å². The maximum atomic E-state index is 14.1. The molecular formula is C75H80Cl2F2N10O6. The van der Waals surface area contributed by atoms with Crippen LogP contribution in [0.4, 0.5) is 8.78 Å². The second kappa shape index (κ2) is 31.2. The van der Waals surface area contributed by atoms with Crippen LogP contribution in [0.15, 0.2) is 145 Å². The van der Waals surface area contributed by atoms with Crippen LogP contribution in [0.1, 0.15) is 139 Å². The number of carbonyl (C=O) groups is 3. The number of nitrogens with zero attached hydrogens (tertiary/aromatic N) is 7. The van der Waals surface area contributed by atoms with Gasteiger partial charge in [0, 0.05) is 110 Å². The van der Waals surface area contributed by atoms with Crippen molar-refractivity contribution in [3.8, 4) is 39.6 Å². The van der Waals surface area contributed by atoms with E-state index in [0.717, 1.165) is 136 Å². The lowest BCUT2D eigenvalue weighted by Gasteiger charge is -2.28. The average Bonchev–Trinajstić information content (AvgIpc) is 1.78. The number of rotatable bonds is 20. The Morgan fingerprint density at radius 2 is 1.56 bits per heavy atom. The van der Waals surface area contributed by atoms with Crippen molar-refractivity contribution in [2.75, 3.05) is 27.8 Å². The molecule has 494 valence electrons. The summed E-state index contributed by atoms with van der Waals surface area (Å²) >= 11 is 12.2. The number of carbonyl (C=O) groups excluding carboxylic acids is 3. The van der Waals surface area contributed by atoms with Crippen LogP contribution in [0.25, 0.3) is 22.4 Å². The number of nitrogens with one attached hydrogen (secondary N) is 3. The fraction of sp³-hybridized carbons (Fsp3) is 0.320. The molecule has 0 unspecified atom stereocenters. The van der Waals surface area contributed by atoms with E-state index in [1.165, 1.54) is 31.0 Å². The largest absolute Gasteiger partial charge is 0.497 e. The molecule has 3 aliphatic rings. The summed E-state index contributed by atoms with van der Waals surface area (Å²) < 4.78 is 50.4. The Hall–Kier alpha value is -9.39. The van der Waals surface area contributed by atoms with E-state index in [0.29, 0.717) is 69.7 Å². The molecule has 5 heterocycles. The third kappa shape index (κ3) is 17.5. The van der Waals surface area contributed by atoms with Gasteiger partial charge in [0.25, 0.3) is 17.7 Å². The number of benzene rings is 6. The number of hydrogen-bond donors (Lipinski definition) is 3. The molecule has 1 aliphatic carbocycles. The molecule has 0 spiro atoms. The van der Waals surface area contributed by atoms with Gasteiger partial charge in [-0.15, -0.1) is 0 Å². The minimum Gasteiger partial charge on any atom is -0.497 e. The average molecular weight is 1330 g/mol. The van der Waals surface area contributed by atoms with Gasteiger partial charge in [-0.1, -0.05) is 41.4 Å². The zero-order valence-corrected chi connectivity index (χ0v) is 56.4. The van der Waals surface area contributed by atoms with Gasteiger partial charge in [-0.2, -0.15) is 4.39 Å². The van der Waals surface area contributed by atoms with Crippen LogP contribution in [0.3, 0.4) is 0 Å². The number of aryl methyl sites for hydroxylation is 7. The van der Waals surface area contributed by atoms with Crippen molar-refractivity contribution in [3.63, 3.8) is 0 Å².